The molecule has 106 valence electrons. The van der Waals surface area contributed by atoms with E-state index in [1.54, 1.807) is 7.11 Å². The highest BCUT2D eigenvalue weighted by molar-refractivity contribution is 5.76. The molecule has 1 amide bonds. The average Bonchev–Trinajstić information content (AvgIpc) is 2.37. The fourth-order valence-corrected chi connectivity index (χ4v) is 2.43. The number of nitrogens with zero attached hydrogens (tertiary/aromatic N) is 1. The lowest BCUT2D eigenvalue weighted by Crippen LogP contribution is -2.48. The van der Waals surface area contributed by atoms with Crippen LogP contribution >= 0.6 is 0 Å². The van der Waals surface area contributed by atoms with Crippen molar-refractivity contribution in [1.82, 2.24) is 10.2 Å². The van der Waals surface area contributed by atoms with Crippen LogP contribution in [-0.4, -0.2) is 49.7 Å². The zero-order valence-corrected chi connectivity index (χ0v) is 12.1. The predicted molar refractivity (Wildman–Crippen MR) is 73.6 cm³/mol. The van der Waals surface area contributed by atoms with Crippen molar-refractivity contribution in [2.45, 2.75) is 58.0 Å². The Balaban J connectivity index is 2.39. The van der Waals surface area contributed by atoms with Crippen LogP contribution in [0.3, 0.4) is 0 Å². The number of amides is 1. The molecule has 18 heavy (non-hydrogen) atoms. The number of nitrogens with one attached hydrogen (secondary N) is 1. The molecule has 1 unspecified atom stereocenters. The molecule has 0 radical (unpaired) electrons. The number of carbonyl (C=O) groups is 1. The fraction of sp³-hybridized carbons (Fsp3) is 0.929. The molecule has 1 rings (SSSR count). The van der Waals surface area contributed by atoms with Crippen molar-refractivity contribution in [3.05, 3.63) is 0 Å². The molecule has 0 spiro atoms. The quantitative estimate of drug-likeness (QED) is 0.706. The summed E-state index contributed by atoms with van der Waals surface area (Å²) >= 11 is 0. The van der Waals surface area contributed by atoms with Crippen molar-refractivity contribution in [3.63, 3.8) is 0 Å². The van der Waals surface area contributed by atoms with Crippen LogP contribution < -0.4 is 5.32 Å². The highest BCUT2D eigenvalue weighted by atomic mass is 16.5. The first-order valence-electron chi connectivity index (χ1n) is 7.17. The summed E-state index contributed by atoms with van der Waals surface area (Å²) in [5.74, 6) is 0.259. The van der Waals surface area contributed by atoms with Gasteiger partial charge in [0, 0.05) is 38.8 Å². The molecule has 1 N–H and O–H groups in total. The van der Waals surface area contributed by atoms with Crippen LogP contribution in [0.25, 0.3) is 0 Å². The Morgan fingerprint density at radius 3 is 2.78 bits per heavy atom. The van der Waals surface area contributed by atoms with Crippen molar-refractivity contribution in [2.24, 2.45) is 0 Å². The molecule has 1 aliphatic rings. The molecule has 1 fully saturated rings. The van der Waals surface area contributed by atoms with Crippen LogP contribution in [0, 0.1) is 0 Å². The highest BCUT2D eigenvalue weighted by Crippen LogP contribution is 2.12. The van der Waals surface area contributed by atoms with Crippen LogP contribution in [0.5, 0.6) is 0 Å². The summed E-state index contributed by atoms with van der Waals surface area (Å²) in [6.07, 6.45) is 5.14. The summed E-state index contributed by atoms with van der Waals surface area (Å²) in [5, 5.41) is 3.51. The number of ether oxygens (including phenoxy) is 1. The maximum Gasteiger partial charge on any atom is 0.222 e. The standard InChI is InChI=1S/C14H28N2O2/c1-12(2)16(14(17)8-6-10-18-3)11-13-7-4-5-9-15-13/h12-13,15H,4-11H2,1-3H3. The third kappa shape index (κ3) is 5.36. The monoisotopic (exact) mass is 256 g/mol. The summed E-state index contributed by atoms with van der Waals surface area (Å²) in [6.45, 7) is 6.80. The smallest absolute Gasteiger partial charge is 0.222 e. The van der Waals surface area contributed by atoms with Crippen LogP contribution in [0.1, 0.15) is 46.0 Å². The van der Waals surface area contributed by atoms with E-state index in [0.29, 0.717) is 19.1 Å². The minimum absolute atomic E-state index is 0.259. The molecule has 1 aliphatic heterocycles. The van der Waals surface area contributed by atoms with Gasteiger partial charge in [0.1, 0.15) is 0 Å². The number of methoxy groups -OCH3 is 1. The topological polar surface area (TPSA) is 41.6 Å². The molecule has 0 bridgehead atoms. The first-order valence-corrected chi connectivity index (χ1v) is 7.17. The molecular formula is C14H28N2O2. The van der Waals surface area contributed by atoms with E-state index in [1.165, 1.54) is 19.3 Å². The van der Waals surface area contributed by atoms with E-state index in [2.05, 4.69) is 19.2 Å². The molecule has 0 aromatic carbocycles. The number of piperidine rings is 1. The van der Waals surface area contributed by atoms with Gasteiger partial charge in [-0.1, -0.05) is 6.42 Å². The maximum absolute atomic E-state index is 12.2. The van der Waals surface area contributed by atoms with Crippen LogP contribution in [0.2, 0.25) is 0 Å². The van der Waals surface area contributed by atoms with E-state index in [-0.39, 0.29) is 11.9 Å². The second kappa shape index (κ2) is 8.48. The Labute approximate surface area is 111 Å². The first-order chi connectivity index (χ1) is 8.65. The minimum atomic E-state index is 0.259. The fourth-order valence-electron chi connectivity index (χ4n) is 2.43. The molecule has 0 aromatic rings. The van der Waals surface area contributed by atoms with Crippen molar-refractivity contribution in [3.8, 4) is 0 Å². The van der Waals surface area contributed by atoms with Gasteiger partial charge in [0.25, 0.3) is 0 Å². The van der Waals surface area contributed by atoms with Gasteiger partial charge in [-0.2, -0.15) is 0 Å². The van der Waals surface area contributed by atoms with Crippen LogP contribution in [0.15, 0.2) is 0 Å². The van der Waals surface area contributed by atoms with E-state index in [4.69, 9.17) is 4.74 Å². The normalized spacial score (nSPS) is 20.1. The Morgan fingerprint density at radius 2 is 2.22 bits per heavy atom. The third-order valence-corrected chi connectivity index (χ3v) is 3.51. The third-order valence-electron chi connectivity index (χ3n) is 3.51. The van der Waals surface area contributed by atoms with Crippen LogP contribution in [0.4, 0.5) is 0 Å². The summed E-state index contributed by atoms with van der Waals surface area (Å²) < 4.78 is 5.00. The molecule has 1 saturated heterocycles. The Bertz CT molecular complexity index is 238. The van der Waals surface area contributed by atoms with Crippen LogP contribution in [-0.2, 0) is 9.53 Å². The van der Waals surface area contributed by atoms with Crippen molar-refractivity contribution >= 4 is 5.91 Å². The lowest BCUT2D eigenvalue weighted by atomic mass is 10.0. The Kier molecular flexibility index (Phi) is 7.28. The molecule has 0 aromatic heterocycles. The molecule has 1 atom stereocenters. The van der Waals surface area contributed by atoms with Crippen molar-refractivity contribution in [2.75, 3.05) is 26.8 Å². The summed E-state index contributed by atoms with van der Waals surface area (Å²) in [4.78, 5) is 14.2. The summed E-state index contributed by atoms with van der Waals surface area (Å²) in [7, 11) is 1.68. The minimum Gasteiger partial charge on any atom is -0.385 e. The zero-order valence-electron chi connectivity index (χ0n) is 12.1. The van der Waals surface area contributed by atoms with E-state index in [9.17, 15) is 4.79 Å². The van der Waals surface area contributed by atoms with Crippen molar-refractivity contribution in [1.29, 1.82) is 0 Å². The van der Waals surface area contributed by atoms with Gasteiger partial charge in [0.15, 0.2) is 0 Å². The number of carbonyl (C=O) groups excluding carboxylic acids is 1. The zero-order chi connectivity index (χ0) is 13.4. The number of hydrogen-bond donors (Lipinski definition) is 1. The average molecular weight is 256 g/mol. The molecule has 0 saturated carbocycles. The first kappa shape index (κ1) is 15.4. The van der Waals surface area contributed by atoms with Gasteiger partial charge in [0.2, 0.25) is 5.91 Å². The largest absolute Gasteiger partial charge is 0.385 e. The second-order valence-corrected chi connectivity index (χ2v) is 5.38. The van der Waals surface area contributed by atoms with Gasteiger partial charge in [0.05, 0.1) is 0 Å². The Morgan fingerprint density at radius 1 is 1.44 bits per heavy atom. The van der Waals surface area contributed by atoms with Gasteiger partial charge in [-0.25, -0.2) is 0 Å². The van der Waals surface area contributed by atoms with E-state index in [1.807, 2.05) is 4.90 Å². The summed E-state index contributed by atoms with van der Waals surface area (Å²) in [6, 6.07) is 0.760. The van der Waals surface area contributed by atoms with Gasteiger partial charge in [-0.05, 0) is 39.7 Å². The number of rotatable bonds is 7. The molecule has 1 heterocycles. The van der Waals surface area contributed by atoms with E-state index >= 15 is 0 Å². The lowest BCUT2D eigenvalue weighted by Gasteiger charge is -2.33. The summed E-state index contributed by atoms with van der Waals surface area (Å²) in [5.41, 5.74) is 0. The van der Waals surface area contributed by atoms with Gasteiger partial charge < -0.3 is 15.0 Å². The second-order valence-electron chi connectivity index (χ2n) is 5.38. The Hall–Kier alpha value is -0.610. The molecule has 4 nitrogen and oxygen atoms in total. The lowest BCUT2D eigenvalue weighted by molar-refractivity contribution is -0.133. The van der Waals surface area contributed by atoms with E-state index < -0.39 is 0 Å². The molecule has 0 aliphatic carbocycles. The molecular weight excluding hydrogens is 228 g/mol. The maximum atomic E-state index is 12.2. The van der Waals surface area contributed by atoms with Gasteiger partial charge in [-0.3, -0.25) is 4.79 Å². The van der Waals surface area contributed by atoms with Crippen molar-refractivity contribution < 1.29 is 9.53 Å². The highest BCUT2D eigenvalue weighted by Gasteiger charge is 2.22. The van der Waals surface area contributed by atoms with E-state index in [0.717, 1.165) is 19.5 Å². The molecule has 4 heteroatoms. The van der Waals surface area contributed by atoms with Gasteiger partial charge >= 0.3 is 0 Å². The predicted octanol–water partition coefficient (Wildman–Crippen LogP) is 1.79. The van der Waals surface area contributed by atoms with Gasteiger partial charge in [-0.15, -0.1) is 0 Å². The number of hydrogen-bond acceptors (Lipinski definition) is 3. The SMILES string of the molecule is COCCCC(=O)N(CC1CCCCN1)C(C)C.